The van der Waals surface area contributed by atoms with Crippen molar-refractivity contribution >= 4 is 29.4 Å². The van der Waals surface area contributed by atoms with Crippen molar-refractivity contribution in [2.45, 2.75) is 11.1 Å². The lowest BCUT2D eigenvalue weighted by Crippen LogP contribution is -2.40. The number of nitrogens with zero attached hydrogens (tertiary/aromatic N) is 2. The molecule has 23 heavy (non-hydrogen) atoms. The van der Waals surface area contributed by atoms with E-state index in [1.807, 2.05) is 0 Å². The Hall–Kier alpha value is -2.35. The van der Waals surface area contributed by atoms with Gasteiger partial charge in [0.05, 0.1) is 21.8 Å². The first-order valence-electron chi connectivity index (χ1n) is 6.53. The van der Waals surface area contributed by atoms with Crippen LogP contribution >= 0.6 is 11.9 Å². The summed E-state index contributed by atoms with van der Waals surface area (Å²) in [4.78, 5) is 14.5. The molecule has 0 bridgehead atoms. The molecule has 0 spiro atoms. The molecule has 2 amide bonds. The highest BCUT2D eigenvalue weighted by Gasteiger charge is 2.33. The van der Waals surface area contributed by atoms with Gasteiger partial charge in [0.15, 0.2) is 0 Å². The molecule has 1 N–H and O–H groups in total. The minimum absolute atomic E-state index is 0.0342. The summed E-state index contributed by atoms with van der Waals surface area (Å²) in [5.74, 6) is 0.0342. The summed E-state index contributed by atoms with van der Waals surface area (Å²) in [7, 11) is 1.54. The van der Waals surface area contributed by atoms with Crippen LogP contribution in [-0.4, -0.2) is 18.2 Å². The lowest BCUT2D eigenvalue weighted by molar-refractivity contribution is -0.137. The second kappa shape index (κ2) is 5.38. The van der Waals surface area contributed by atoms with Gasteiger partial charge in [-0.3, -0.25) is 4.90 Å². The van der Waals surface area contributed by atoms with Gasteiger partial charge in [-0.05, 0) is 48.3 Å². The van der Waals surface area contributed by atoms with E-state index in [0.717, 1.165) is 24.1 Å². The molecular formula is C15H11F3N2O2S. The van der Waals surface area contributed by atoms with Crippen LogP contribution in [0.5, 0.6) is 5.75 Å². The Kier molecular flexibility index (Phi) is 3.63. The van der Waals surface area contributed by atoms with E-state index >= 15 is 0 Å². The lowest BCUT2D eigenvalue weighted by Gasteiger charge is -2.33. The number of fused-ring (bicyclic) bond motifs is 1. The van der Waals surface area contributed by atoms with Crippen LogP contribution in [0.3, 0.4) is 0 Å². The van der Waals surface area contributed by atoms with Crippen LogP contribution in [0, 0.1) is 0 Å². The second-order valence-electron chi connectivity index (χ2n) is 4.92. The summed E-state index contributed by atoms with van der Waals surface area (Å²) in [6, 6.07) is 8.58. The molecule has 0 aliphatic carbocycles. The van der Waals surface area contributed by atoms with Crippen LogP contribution in [0.25, 0.3) is 0 Å². The van der Waals surface area contributed by atoms with Crippen LogP contribution in [0.15, 0.2) is 47.4 Å². The maximum absolute atomic E-state index is 12.6. The Balaban J connectivity index is 1.95. The predicted molar refractivity (Wildman–Crippen MR) is 81.7 cm³/mol. The zero-order valence-corrected chi connectivity index (χ0v) is 12.6. The molecule has 2 aromatic rings. The van der Waals surface area contributed by atoms with E-state index in [-0.39, 0.29) is 5.75 Å². The SMILES string of the molecule is CN1C(=O)N(c2ccc(C(F)(F)F)cc2)Sc2ccc(O)cc21. The third kappa shape index (κ3) is 2.81. The van der Waals surface area contributed by atoms with Crippen molar-refractivity contribution in [3.05, 3.63) is 48.0 Å². The monoisotopic (exact) mass is 340 g/mol. The van der Waals surface area contributed by atoms with Crippen molar-refractivity contribution in [2.75, 3.05) is 16.3 Å². The van der Waals surface area contributed by atoms with Crippen molar-refractivity contribution in [1.29, 1.82) is 0 Å². The summed E-state index contributed by atoms with van der Waals surface area (Å²) in [5, 5.41) is 9.51. The summed E-state index contributed by atoms with van der Waals surface area (Å²) in [6.07, 6.45) is -4.42. The predicted octanol–water partition coefficient (Wildman–Crippen LogP) is 4.49. The number of anilines is 2. The minimum atomic E-state index is -4.42. The zero-order chi connectivity index (χ0) is 16.8. The standard InChI is InChI=1S/C15H11F3N2O2S/c1-19-12-8-11(21)6-7-13(12)23-20(14(19)22)10-4-2-9(3-5-10)15(16,17)18/h2-8,21H,1H3. The van der Waals surface area contributed by atoms with Crippen molar-refractivity contribution in [2.24, 2.45) is 0 Å². The summed E-state index contributed by atoms with van der Waals surface area (Å²) >= 11 is 1.09. The Morgan fingerprint density at radius 1 is 1.09 bits per heavy atom. The Labute approximate surface area is 134 Å². The van der Waals surface area contributed by atoms with Gasteiger partial charge in [-0.25, -0.2) is 9.10 Å². The number of phenolic OH excluding ortho intramolecular Hbond substituents is 1. The summed E-state index contributed by atoms with van der Waals surface area (Å²) < 4.78 is 39.2. The van der Waals surface area contributed by atoms with Gasteiger partial charge in [-0.2, -0.15) is 13.2 Å². The van der Waals surface area contributed by atoms with Crippen molar-refractivity contribution < 1.29 is 23.1 Å². The molecule has 0 atom stereocenters. The van der Waals surface area contributed by atoms with E-state index in [4.69, 9.17) is 0 Å². The van der Waals surface area contributed by atoms with Crippen molar-refractivity contribution in [3.8, 4) is 5.75 Å². The smallest absolute Gasteiger partial charge is 0.416 e. The molecule has 120 valence electrons. The highest BCUT2D eigenvalue weighted by Crippen LogP contribution is 2.42. The quantitative estimate of drug-likeness (QED) is 0.778. The largest absolute Gasteiger partial charge is 0.508 e. The number of rotatable bonds is 1. The first kappa shape index (κ1) is 15.5. The molecule has 2 aromatic carbocycles. The second-order valence-corrected chi connectivity index (χ2v) is 5.91. The van der Waals surface area contributed by atoms with Crippen LogP contribution < -0.4 is 9.21 Å². The van der Waals surface area contributed by atoms with Gasteiger partial charge in [0.2, 0.25) is 0 Å². The number of phenols is 1. The molecule has 0 radical (unpaired) electrons. The van der Waals surface area contributed by atoms with Gasteiger partial charge < -0.3 is 5.11 Å². The normalized spacial score (nSPS) is 14.9. The molecule has 1 heterocycles. The van der Waals surface area contributed by atoms with Crippen LogP contribution in [0.1, 0.15) is 5.56 Å². The first-order valence-corrected chi connectivity index (χ1v) is 7.31. The number of carbonyl (C=O) groups is 1. The Morgan fingerprint density at radius 2 is 1.74 bits per heavy atom. The number of urea groups is 1. The van der Waals surface area contributed by atoms with Crippen LogP contribution in [0.2, 0.25) is 0 Å². The number of alkyl halides is 3. The number of benzene rings is 2. The third-order valence-corrected chi connectivity index (χ3v) is 4.47. The first-order chi connectivity index (χ1) is 10.8. The molecule has 3 rings (SSSR count). The van der Waals surface area contributed by atoms with E-state index in [1.165, 1.54) is 40.5 Å². The molecular weight excluding hydrogens is 329 g/mol. The molecule has 0 fully saturated rings. The van der Waals surface area contributed by atoms with E-state index < -0.39 is 17.8 Å². The summed E-state index contributed by atoms with van der Waals surface area (Å²) in [5.41, 5.74) is 0.121. The minimum Gasteiger partial charge on any atom is -0.508 e. The number of aromatic hydroxyl groups is 1. The van der Waals surface area contributed by atoms with Gasteiger partial charge >= 0.3 is 12.2 Å². The van der Waals surface area contributed by atoms with Crippen LogP contribution in [-0.2, 0) is 6.18 Å². The van der Waals surface area contributed by atoms with Crippen molar-refractivity contribution in [1.82, 2.24) is 0 Å². The fourth-order valence-electron chi connectivity index (χ4n) is 2.17. The van der Waals surface area contributed by atoms with E-state index in [9.17, 15) is 23.1 Å². The summed E-state index contributed by atoms with van der Waals surface area (Å²) in [6.45, 7) is 0. The van der Waals surface area contributed by atoms with Gasteiger partial charge in [0.25, 0.3) is 0 Å². The van der Waals surface area contributed by atoms with Gasteiger partial charge in [0.1, 0.15) is 5.75 Å². The average Bonchev–Trinajstić information content (AvgIpc) is 2.51. The molecule has 0 unspecified atom stereocenters. The topological polar surface area (TPSA) is 43.8 Å². The third-order valence-electron chi connectivity index (χ3n) is 3.38. The van der Waals surface area contributed by atoms with E-state index in [2.05, 4.69) is 0 Å². The maximum atomic E-state index is 12.6. The van der Waals surface area contributed by atoms with Crippen molar-refractivity contribution in [3.63, 3.8) is 0 Å². The molecule has 8 heteroatoms. The molecule has 0 aromatic heterocycles. The molecule has 4 nitrogen and oxygen atoms in total. The maximum Gasteiger partial charge on any atom is 0.416 e. The van der Waals surface area contributed by atoms with Gasteiger partial charge in [-0.1, -0.05) is 0 Å². The highest BCUT2D eigenvalue weighted by atomic mass is 32.2. The number of hydrogen-bond donors (Lipinski definition) is 1. The fourth-order valence-corrected chi connectivity index (χ4v) is 3.21. The zero-order valence-electron chi connectivity index (χ0n) is 11.8. The molecule has 0 saturated heterocycles. The van der Waals surface area contributed by atoms with E-state index in [0.29, 0.717) is 16.3 Å². The number of carbonyl (C=O) groups excluding carboxylic acids is 1. The average molecular weight is 340 g/mol. The van der Waals surface area contributed by atoms with Crippen LogP contribution in [0.4, 0.5) is 29.3 Å². The fraction of sp³-hybridized carbons (Fsp3) is 0.133. The molecule has 0 saturated carbocycles. The van der Waals surface area contributed by atoms with Gasteiger partial charge in [-0.15, -0.1) is 0 Å². The lowest BCUT2D eigenvalue weighted by atomic mass is 10.2. The van der Waals surface area contributed by atoms with Gasteiger partial charge in [0, 0.05) is 13.1 Å². The Bertz CT molecular complexity index is 762. The molecule has 1 aliphatic heterocycles. The number of halogens is 3. The molecule has 1 aliphatic rings. The Morgan fingerprint density at radius 3 is 2.35 bits per heavy atom. The number of amides is 2. The highest BCUT2D eigenvalue weighted by molar-refractivity contribution is 8.01. The number of hydrogen-bond acceptors (Lipinski definition) is 3. The van der Waals surface area contributed by atoms with E-state index in [1.54, 1.807) is 6.07 Å².